The van der Waals surface area contributed by atoms with Crippen molar-refractivity contribution in [2.45, 2.75) is 13.8 Å². The van der Waals surface area contributed by atoms with Gasteiger partial charge in [0.1, 0.15) is 0 Å². The Bertz CT molecular complexity index is 500. The summed E-state index contributed by atoms with van der Waals surface area (Å²) >= 11 is 0. The molecule has 0 aliphatic carbocycles. The summed E-state index contributed by atoms with van der Waals surface area (Å²) in [5.74, 6) is 0.414. The summed E-state index contributed by atoms with van der Waals surface area (Å²) in [6, 6.07) is 7.55. The van der Waals surface area contributed by atoms with Crippen LogP contribution in [0, 0.1) is 13.8 Å². The highest BCUT2D eigenvalue weighted by molar-refractivity contribution is 6.02. The number of hydrogen-bond acceptors (Lipinski definition) is 3. The number of benzene rings is 1. The second kappa shape index (κ2) is 4.18. The maximum absolute atomic E-state index is 11.7. The number of carbonyl (C=O) groups is 1. The zero-order valence-corrected chi connectivity index (χ0v) is 9.15. The van der Waals surface area contributed by atoms with E-state index in [1.54, 1.807) is 6.92 Å². The van der Waals surface area contributed by atoms with Crippen LogP contribution in [-0.2, 0) is 0 Å². The van der Waals surface area contributed by atoms with Gasteiger partial charge in [-0.05, 0) is 19.1 Å². The first-order valence-electron chi connectivity index (χ1n) is 4.95. The third-order valence-electron chi connectivity index (χ3n) is 2.15. The Balaban J connectivity index is 2.10. The number of amides is 1. The van der Waals surface area contributed by atoms with Crippen molar-refractivity contribution in [1.29, 1.82) is 0 Å². The van der Waals surface area contributed by atoms with Crippen molar-refractivity contribution in [2.75, 3.05) is 5.32 Å². The summed E-state index contributed by atoms with van der Waals surface area (Å²) in [7, 11) is 0. The number of aryl methyl sites for hydroxylation is 2. The topological polar surface area (TPSA) is 55.1 Å². The van der Waals surface area contributed by atoms with Crippen LogP contribution in [0.2, 0.25) is 0 Å². The van der Waals surface area contributed by atoms with E-state index in [0.717, 1.165) is 11.3 Å². The first-order valence-corrected chi connectivity index (χ1v) is 4.95. The minimum Gasteiger partial charge on any atom is -0.436 e. The van der Waals surface area contributed by atoms with Crippen molar-refractivity contribution in [3.63, 3.8) is 0 Å². The standard InChI is InChI=1S/C12H12N2O2/c1-8-3-5-10(6-4-8)14-12(15)11-7-13-9(2)16-11/h3-7H,1-2H3,(H,14,15). The molecule has 4 nitrogen and oxygen atoms in total. The summed E-state index contributed by atoms with van der Waals surface area (Å²) in [5.41, 5.74) is 1.89. The maximum atomic E-state index is 11.7. The molecule has 0 aliphatic rings. The van der Waals surface area contributed by atoms with E-state index in [0.29, 0.717) is 5.89 Å². The SMILES string of the molecule is Cc1ccc(NC(=O)c2cnc(C)o2)cc1. The number of nitrogens with one attached hydrogen (secondary N) is 1. The number of oxazole rings is 1. The first-order chi connectivity index (χ1) is 7.65. The molecule has 16 heavy (non-hydrogen) atoms. The molecule has 0 aliphatic heterocycles. The third-order valence-corrected chi connectivity index (χ3v) is 2.15. The molecular formula is C12H12N2O2. The van der Waals surface area contributed by atoms with Crippen molar-refractivity contribution < 1.29 is 9.21 Å². The van der Waals surface area contributed by atoms with Gasteiger partial charge in [-0.1, -0.05) is 17.7 Å². The Labute approximate surface area is 93.3 Å². The molecule has 0 spiro atoms. The van der Waals surface area contributed by atoms with Gasteiger partial charge in [0.05, 0.1) is 6.20 Å². The Hall–Kier alpha value is -2.10. The van der Waals surface area contributed by atoms with Gasteiger partial charge in [-0.2, -0.15) is 0 Å². The lowest BCUT2D eigenvalue weighted by atomic mass is 10.2. The fraction of sp³-hybridized carbons (Fsp3) is 0.167. The average molecular weight is 216 g/mol. The summed E-state index contributed by atoms with van der Waals surface area (Å²) in [6.45, 7) is 3.69. The van der Waals surface area contributed by atoms with Crippen LogP contribution < -0.4 is 5.32 Å². The normalized spacial score (nSPS) is 10.1. The van der Waals surface area contributed by atoms with Gasteiger partial charge in [-0.25, -0.2) is 4.98 Å². The van der Waals surface area contributed by atoms with Crippen LogP contribution in [0.15, 0.2) is 34.9 Å². The van der Waals surface area contributed by atoms with Crippen LogP contribution in [0.4, 0.5) is 5.69 Å². The number of rotatable bonds is 2. The van der Waals surface area contributed by atoms with Crippen LogP contribution >= 0.6 is 0 Å². The number of hydrogen-bond donors (Lipinski definition) is 1. The van der Waals surface area contributed by atoms with E-state index in [9.17, 15) is 4.79 Å². The van der Waals surface area contributed by atoms with Crippen molar-refractivity contribution in [2.24, 2.45) is 0 Å². The summed E-state index contributed by atoms with van der Waals surface area (Å²) in [6.07, 6.45) is 1.42. The maximum Gasteiger partial charge on any atom is 0.293 e. The van der Waals surface area contributed by atoms with Crippen molar-refractivity contribution in [3.8, 4) is 0 Å². The van der Waals surface area contributed by atoms with E-state index in [1.807, 2.05) is 31.2 Å². The molecule has 0 fully saturated rings. The quantitative estimate of drug-likeness (QED) is 0.839. The second-order valence-corrected chi connectivity index (χ2v) is 3.56. The van der Waals surface area contributed by atoms with Gasteiger partial charge >= 0.3 is 0 Å². The Kier molecular flexibility index (Phi) is 2.72. The number of aromatic nitrogens is 1. The lowest BCUT2D eigenvalue weighted by Gasteiger charge is -2.02. The highest BCUT2D eigenvalue weighted by Gasteiger charge is 2.10. The average Bonchev–Trinajstić information content (AvgIpc) is 2.68. The second-order valence-electron chi connectivity index (χ2n) is 3.56. The zero-order chi connectivity index (χ0) is 11.5. The highest BCUT2D eigenvalue weighted by Crippen LogP contribution is 2.11. The van der Waals surface area contributed by atoms with E-state index in [1.165, 1.54) is 6.20 Å². The molecule has 1 amide bonds. The lowest BCUT2D eigenvalue weighted by Crippen LogP contribution is -2.10. The predicted molar refractivity (Wildman–Crippen MR) is 60.4 cm³/mol. The molecule has 0 atom stereocenters. The van der Waals surface area contributed by atoms with Gasteiger partial charge in [-0.3, -0.25) is 4.79 Å². The van der Waals surface area contributed by atoms with E-state index < -0.39 is 0 Å². The summed E-state index contributed by atoms with van der Waals surface area (Å²) in [4.78, 5) is 15.5. The molecule has 0 radical (unpaired) electrons. The van der Waals surface area contributed by atoms with E-state index in [-0.39, 0.29) is 11.7 Å². The molecule has 1 heterocycles. The molecule has 2 rings (SSSR count). The molecule has 0 saturated carbocycles. The molecule has 1 aromatic carbocycles. The molecule has 1 N–H and O–H groups in total. The third kappa shape index (κ3) is 2.28. The number of anilines is 1. The molecule has 82 valence electrons. The van der Waals surface area contributed by atoms with E-state index in [2.05, 4.69) is 10.3 Å². The molecule has 1 aromatic heterocycles. The van der Waals surface area contributed by atoms with E-state index in [4.69, 9.17) is 4.42 Å². The summed E-state index contributed by atoms with van der Waals surface area (Å²) < 4.78 is 5.12. The Morgan fingerprint density at radius 3 is 2.50 bits per heavy atom. The lowest BCUT2D eigenvalue weighted by molar-refractivity contribution is 0.0995. The van der Waals surface area contributed by atoms with Crippen LogP contribution in [0.3, 0.4) is 0 Å². The van der Waals surface area contributed by atoms with Gasteiger partial charge in [0.25, 0.3) is 5.91 Å². The van der Waals surface area contributed by atoms with Gasteiger partial charge in [0.15, 0.2) is 5.89 Å². The predicted octanol–water partition coefficient (Wildman–Crippen LogP) is 2.54. The zero-order valence-electron chi connectivity index (χ0n) is 9.15. The van der Waals surface area contributed by atoms with Gasteiger partial charge < -0.3 is 9.73 Å². The number of nitrogens with zero attached hydrogens (tertiary/aromatic N) is 1. The highest BCUT2D eigenvalue weighted by atomic mass is 16.4. The molecule has 0 bridgehead atoms. The van der Waals surface area contributed by atoms with Crippen LogP contribution in [0.5, 0.6) is 0 Å². The number of carbonyl (C=O) groups excluding carboxylic acids is 1. The van der Waals surface area contributed by atoms with E-state index >= 15 is 0 Å². The van der Waals surface area contributed by atoms with Gasteiger partial charge in [0, 0.05) is 12.6 Å². The van der Waals surface area contributed by atoms with Crippen LogP contribution in [-0.4, -0.2) is 10.9 Å². The fourth-order valence-electron chi connectivity index (χ4n) is 1.30. The smallest absolute Gasteiger partial charge is 0.293 e. The minimum atomic E-state index is -0.288. The Morgan fingerprint density at radius 2 is 1.94 bits per heavy atom. The van der Waals surface area contributed by atoms with Gasteiger partial charge in [-0.15, -0.1) is 0 Å². The molecule has 4 heteroatoms. The monoisotopic (exact) mass is 216 g/mol. The molecule has 2 aromatic rings. The van der Waals surface area contributed by atoms with Crippen molar-refractivity contribution >= 4 is 11.6 Å². The molecule has 0 unspecified atom stereocenters. The fourth-order valence-corrected chi connectivity index (χ4v) is 1.30. The van der Waals surface area contributed by atoms with Gasteiger partial charge in [0.2, 0.25) is 5.76 Å². The minimum absolute atomic E-state index is 0.220. The van der Waals surface area contributed by atoms with Crippen LogP contribution in [0.25, 0.3) is 0 Å². The molecule has 0 saturated heterocycles. The summed E-state index contributed by atoms with van der Waals surface area (Å²) in [5, 5.41) is 2.73. The molecular weight excluding hydrogens is 204 g/mol. The van der Waals surface area contributed by atoms with Crippen LogP contribution in [0.1, 0.15) is 22.0 Å². The Morgan fingerprint density at radius 1 is 1.25 bits per heavy atom. The first kappa shape index (κ1) is 10.4. The largest absolute Gasteiger partial charge is 0.436 e. The van der Waals surface area contributed by atoms with Crippen molar-refractivity contribution in [1.82, 2.24) is 4.98 Å². The van der Waals surface area contributed by atoms with Crippen molar-refractivity contribution in [3.05, 3.63) is 47.7 Å².